The van der Waals surface area contributed by atoms with E-state index in [-0.39, 0.29) is 0 Å². The third-order valence-electron chi connectivity index (χ3n) is 6.61. The first-order chi connectivity index (χ1) is 16.1. The summed E-state index contributed by atoms with van der Waals surface area (Å²) in [4.78, 5) is 7.03. The van der Waals surface area contributed by atoms with E-state index in [1.54, 1.807) is 14.2 Å². The number of hydrogen-bond acceptors (Lipinski definition) is 6. The molecule has 6 heteroatoms. The predicted octanol–water partition coefficient (Wildman–Crippen LogP) is 5.08. The van der Waals surface area contributed by atoms with Gasteiger partial charge in [-0.25, -0.2) is 4.98 Å². The predicted molar refractivity (Wildman–Crippen MR) is 137 cm³/mol. The van der Waals surface area contributed by atoms with Gasteiger partial charge in [0.1, 0.15) is 17.3 Å². The van der Waals surface area contributed by atoms with E-state index >= 15 is 0 Å². The number of fused-ring (bicyclic) bond motifs is 1. The lowest BCUT2D eigenvalue weighted by molar-refractivity contribution is 0.323. The van der Waals surface area contributed by atoms with Crippen molar-refractivity contribution in [1.29, 1.82) is 0 Å². The number of anilines is 2. The molecule has 33 heavy (non-hydrogen) atoms. The molecular weight excluding hydrogens is 412 g/mol. The maximum atomic E-state index is 5.50. The molecule has 176 valence electrons. The third-order valence-corrected chi connectivity index (χ3v) is 6.61. The van der Waals surface area contributed by atoms with Crippen molar-refractivity contribution in [1.82, 2.24) is 10.3 Å². The molecule has 2 aromatic carbocycles. The molecule has 0 aliphatic heterocycles. The fourth-order valence-electron chi connectivity index (χ4n) is 4.75. The van der Waals surface area contributed by atoms with Gasteiger partial charge in [-0.05, 0) is 62.4 Å². The van der Waals surface area contributed by atoms with Gasteiger partial charge in [0.25, 0.3) is 0 Å². The number of benzene rings is 2. The molecule has 0 radical (unpaired) electrons. The molecule has 1 aromatic heterocycles. The molecule has 0 unspecified atom stereocenters. The summed E-state index contributed by atoms with van der Waals surface area (Å²) in [6, 6.07) is 17.0. The lowest BCUT2D eigenvalue weighted by Crippen LogP contribution is -2.31. The number of rotatable bonds is 9. The van der Waals surface area contributed by atoms with Gasteiger partial charge in [-0.3, -0.25) is 0 Å². The largest absolute Gasteiger partial charge is 0.497 e. The summed E-state index contributed by atoms with van der Waals surface area (Å²) in [5.74, 6) is 3.43. The number of methoxy groups -OCH3 is 2. The van der Waals surface area contributed by atoms with Gasteiger partial charge in [-0.2, -0.15) is 0 Å². The molecule has 0 amide bonds. The molecule has 3 aromatic rings. The smallest absolute Gasteiger partial charge is 0.128 e. The molecule has 4 rings (SSSR count). The van der Waals surface area contributed by atoms with E-state index in [0.717, 1.165) is 41.5 Å². The Kier molecular flexibility index (Phi) is 7.55. The Morgan fingerprint density at radius 1 is 0.970 bits per heavy atom. The van der Waals surface area contributed by atoms with Gasteiger partial charge in [0, 0.05) is 49.4 Å². The Morgan fingerprint density at radius 2 is 1.76 bits per heavy atom. The van der Waals surface area contributed by atoms with Crippen molar-refractivity contribution < 1.29 is 9.47 Å². The summed E-state index contributed by atoms with van der Waals surface area (Å²) in [6.07, 6.45) is 4.77. The Morgan fingerprint density at radius 3 is 2.48 bits per heavy atom. The number of nitrogens with zero attached hydrogens (tertiary/aromatic N) is 2. The monoisotopic (exact) mass is 448 g/mol. The molecule has 0 saturated heterocycles. The van der Waals surface area contributed by atoms with Crippen LogP contribution in [-0.2, 0) is 6.54 Å². The lowest BCUT2D eigenvalue weighted by atomic mass is 9.86. The normalized spacial score (nSPS) is 18.2. The Hall–Kier alpha value is -2.99. The van der Waals surface area contributed by atoms with Crippen LogP contribution in [0.3, 0.4) is 0 Å². The van der Waals surface area contributed by atoms with Gasteiger partial charge in [0.2, 0.25) is 0 Å². The first-order valence-electron chi connectivity index (χ1n) is 11.8. The highest BCUT2D eigenvalue weighted by molar-refractivity contribution is 5.93. The first-order valence-corrected chi connectivity index (χ1v) is 11.8. The summed E-state index contributed by atoms with van der Waals surface area (Å²) in [5.41, 5.74) is 3.37. The van der Waals surface area contributed by atoms with Crippen LogP contribution in [0, 0.1) is 5.92 Å². The van der Waals surface area contributed by atoms with Crippen LogP contribution in [-0.4, -0.2) is 45.9 Å². The molecule has 2 N–H and O–H groups in total. The van der Waals surface area contributed by atoms with Crippen LogP contribution in [0.2, 0.25) is 0 Å². The highest BCUT2D eigenvalue weighted by Crippen LogP contribution is 2.30. The summed E-state index contributed by atoms with van der Waals surface area (Å²) >= 11 is 0. The fourth-order valence-corrected chi connectivity index (χ4v) is 4.75. The Labute approximate surface area is 197 Å². The molecule has 6 nitrogen and oxygen atoms in total. The van der Waals surface area contributed by atoms with Crippen molar-refractivity contribution in [2.75, 3.05) is 45.1 Å². The SMILES string of the molecule is COc1ccc(OC)c(CNCC2CCC(Nc3cc(N(C)C)c4ccccc4n3)CC2)c1. The van der Waals surface area contributed by atoms with Crippen molar-refractivity contribution in [3.05, 3.63) is 54.1 Å². The van der Waals surface area contributed by atoms with Gasteiger partial charge in [0.05, 0.1) is 19.7 Å². The number of aromatic nitrogens is 1. The van der Waals surface area contributed by atoms with Gasteiger partial charge in [-0.15, -0.1) is 0 Å². The number of hydrogen-bond donors (Lipinski definition) is 2. The molecule has 1 aliphatic carbocycles. The summed E-state index contributed by atoms with van der Waals surface area (Å²) < 4.78 is 10.9. The molecule has 1 fully saturated rings. The summed E-state index contributed by atoms with van der Waals surface area (Å²) in [7, 11) is 7.58. The molecule has 0 atom stereocenters. The fraction of sp³-hybridized carbons (Fsp3) is 0.444. The van der Waals surface area contributed by atoms with Crippen molar-refractivity contribution in [3.63, 3.8) is 0 Å². The minimum atomic E-state index is 0.475. The number of ether oxygens (including phenoxy) is 2. The number of para-hydroxylation sites is 1. The van der Waals surface area contributed by atoms with Gasteiger partial charge in [0.15, 0.2) is 0 Å². The van der Waals surface area contributed by atoms with Crippen LogP contribution in [0.25, 0.3) is 10.9 Å². The highest BCUT2D eigenvalue weighted by atomic mass is 16.5. The molecule has 1 aliphatic rings. The van der Waals surface area contributed by atoms with Gasteiger partial charge in [-0.1, -0.05) is 18.2 Å². The van der Waals surface area contributed by atoms with Crippen LogP contribution in [0.5, 0.6) is 11.5 Å². The Balaban J connectivity index is 1.29. The minimum Gasteiger partial charge on any atom is -0.497 e. The zero-order valence-electron chi connectivity index (χ0n) is 20.2. The van der Waals surface area contributed by atoms with Crippen LogP contribution < -0.4 is 25.0 Å². The zero-order chi connectivity index (χ0) is 23.2. The second kappa shape index (κ2) is 10.8. The topological polar surface area (TPSA) is 58.7 Å². The van der Waals surface area contributed by atoms with Gasteiger partial charge >= 0.3 is 0 Å². The van der Waals surface area contributed by atoms with Crippen molar-refractivity contribution in [2.45, 2.75) is 38.3 Å². The minimum absolute atomic E-state index is 0.475. The first kappa shape index (κ1) is 23.2. The van der Waals surface area contributed by atoms with E-state index < -0.39 is 0 Å². The van der Waals surface area contributed by atoms with Crippen LogP contribution in [0.15, 0.2) is 48.5 Å². The number of pyridine rings is 1. The summed E-state index contributed by atoms with van der Waals surface area (Å²) in [6.45, 7) is 1.80. The summed E-state index contributed by atoms with van der Waals surface area (Å²) in [5, 5.41) is 8.53. The maximum absolute atomic E-state index is 5.50. The lowest BCUT2D eigenvalue weighted by Gasteiger charge is -2.30. The average molecular weight is 449 g/mol. The van der Waals surface area contributed by atoms with Crippen LogP contribution in [0.1, 0.15) is 31.2 Å². The molecule has 1 heterocycles. The standard InChI is InChI=1S/C27H36N4O2/c1-31(2)25-16-27(30-24-8-6-5-7-23(24)25)29-21-11-9-19(10-12-21)17-28-18-20-15-22(32-3)13-14-26(20)33-4/h5-8,13-16,19,21,28H,9-12,17-18H2,1-4H3,(H,29,30). The van der Waals surface area contributed by atoms with E-state index in [4.69, 9.17) is 14.5 Å². The zero-order valence-corrected chi connectivity index (χ0v) is 20.2. The van der Waals surface area contributed by atoms with Crippen LogP contribution in [0.4, 0.5) is 11.5 Å². The van der Waals surface area contributed by atoms with E-state index in [1.165, 1.54) is 36.8 Å². The van der Waals surface area contributed by atoms with Crippen LogP contribution >= 0.6 is 0 Å². The van der Waals surface area contributed by atoms with Crippen molar-refractivity contribution >= 4 is 22.4 Å². The van der Waals surface area contributed by atoms with Gasteiger partial charge < -0.3 is 25.0 Å². The number of nitrogens with one attached hydrogen (secondary N) is 2. The molecule has 0 spiro atoms. The highest BCUT2D eigenvalue weighted by Gasteiger charge is 2.22. The molecule has 1 saturated carbocycles. The van der Waals surface area contributed by atoms with Crippen molar-refractivity contribution in [2.24, 2.45) is 5.92 Å². The Bertz CT molecular complexity index is 1060. The maximum Gasteiger partial charge on any atom is 0.128 e. The van der Waals surface area contributed by atoms with E-state index in [9.17, 15) is 0 Å². The second-order valence-electron chi connectivity index (χ2n) is 9.11. The second-order valence-corrected chi connectivity index (χ2v) is 9.11. The molecule has 0 bridgehead atoms. The van der Waals surface area contributed by atoms with E-state index in [2.05, 4.69) is 60.0 Å². The van der Waals surface area contributed by atoms with E-state index in [0.29, 0.717) is 12.0 Å². The van der Waals surface area contributed by atoms with E-state index in [1.807, 2.05) is 18.2 Å². The van der Waals surface area contributed by atoms with Crippen molar-refractivity contribution in [3.8, 4) is 11.5 Å². The average Bonchev–Trinajstić information content (AvgIpc) is 2.84. The quantitative estimate of drug-likeness (QED) is 0.476. The molecular formula is C27H36N4O2. The third kappa shape index (κ3) is 5.69.